The maximum absolute atomic E-state index is 12.1. The van der Waals surface area contributed by atoms with Crippen LogP contribution in [0.15, 0.2) is 0 Å². The summed E-state index contributed by atoms with van der Waals surface area (Å²) in [6.45, 7) is 0. The minimum Gasteiger partial charge on any atom is -0.481 e. The fraction of sp³-hybridized carbons (Fsp3) is 0.867. The Balaban J connectivity index is 1.50. The number of carboxylic acids is 1. The molecule has 3 rings (SSSR count). The van der Waals surface area contributed by atoms with E-state index in [0.29, 0.717) is 18.8 Å². The van der Waals surface area contributed by atoms with E-state index in [-0.39, 0.29) is 17.9 Å². The van der Waals surface area contributed by atoms with Crippen molar-refractivity contribution >= 4 is 11.9 Å². The van der Waals surface area contributed by atoms with E-state index in [1.165, 1.54) is 25.7 Å². The van der Waals surface area contributed by atoms with Crippen LogP contribution in [-0.2, 0) is 9.59 Å². The minimum absolute atomic E-state index is 0.0794. The quantitative estimate of drug-likeness (QED) is 0.818. The van der Waals surface area contributed by atoms with Crippen LogP contribution in [0.2, 0.25) is 0 Å². The largest absolute Gasteiger partial charge is 0.481 e. The number of hydrogen-bond donors (Lipinski definition) is 2. The lowest BCUT2D eigenvalue weighted by Gasteiger charge is -2.23. The van der Waals surface area contributed by atoms with Gasteiger partial charge in [0.05, 0.1) is 5.92 Å². The van der Waals surface area contributed by atoms with Gasteiger partial charge in [0.15, 0.2) is 0 Å². The predicted octanol–water partition coefficient (Wildman–Crippen LogP) is 2.18. The molecule has 0 radical (unpaired) electrons. The van der Waals surface area contributed by atoms with Crippen LogP contribution in [-0.4, -0.2) is 23.0 Å². The van der Waals surface area contributed by atoms with Gasteiger partial charge in [-0.1, -0.05) is 12.8 Å². The Morgan fingerprint density at radius 1 is 1.11 bits per heavy atom. The normalized spacial score (nSPS) is 40.5. The number of carboxylic acid groups (broad SMARTS) is 1. The van der Waals surface area contributed by atoms with Gasteiger partial charge in [-0.2, -0.15) is 0 Å². The van der Waals surface area contributed by atoms with Gasteiger partial charge in [0.1, 0.15) is 0 Å². The molecule has 3 saturated carbocycles. The van der Waals surface area contributed by atoms with Crippen LogP contribution in [0.1, 0.15) is 51.4 Å². The van der Waals surface area contributed by atoms with E-state index in [1.54, 1.807) is 0 Å². The van der Waals surface area contributed by atoms with Crippen molar-refractivity contribution in [2.75, 3.05) is 0 Å². The Hall–Kier alpha value is -1.06. The van der Waals surface area contributed by atoms with Crippen molar-refractivity contribution in [3.8, 4) is 0 Å². The molecule has 0 aromatic heterocycles. The third-order valence-corrected chi connectivity index (χ3v) is 5.51. The Bertz CT molecular complexity index is 382. The van der Waals surface area contributed by atoms with Crippen molar-refractivity contribution in [2.45, 2.75) is 57.4 Å². The van der Waals surface area contributed by atoms with Crippen molar-refractivity contribution in [3.63, 3.8) is 0 Å². The molecule has 106 valence electrons. The third kappa shape index (κ3) is 2.63. The zero-order valence-corrected chi connectivity index (χ0v) is 11.3. The zero-order valence-electron chi connectivity index (χ0n) is 11.3. The molecule has 2 bridgehead atoms. The number of fused-ring (bicyclic) bond motifs is 2. The summed E-state index contributed by atoms with van der Waals surface area (Å²) in [5, 5.41) is 12.1. The predicted molar refractivity (Wildman–Crippen MR) is 70.5 cm³/mol. The van der Waals surface area contributed by atoms with Crippen LogP contribution in [0.3, 0.4) is 0 Å². The van der Waals surface area contributed by atoms with Gasteiger partial charge in [-0.25, -0.2) is 0 Å². The molecule has 5 unspecified atom stereocenters. The summed E-state index contributed by atoms with van der Waals surface area (Å²) in [7, 11) is 0. The van der Waals surface area contributed by atoms with E-state index >= 15 is 0 Å². The summed E-state index contributed by atoms with van der Waals surface area (Å²) < 4.78 is 0. The van der Waals surface area contributed by atoms with Gasteiger partial charge in [0, 0.05) is 12.5 Å². The molecule has 4 nitrogen and oxygen atoms in total. The van der Waals surface area contributed by atoms with Gasteiger partial charge >= 0.3 is 5.97 Å². The molecule has 3 aliphatic rings. The Morgan fingerprint density at radius 3 is 2.58 bits per heavy atom. The first kappa shape index (κ1) is 12.9. The van der Waals surface area contributed by atoms with Crippen molar-refractivity contribution in [1.29, 1.82) is 0 Å². The summed E-state index contributed by atoms with van der Waals surface area (Å²) in [5.41, 5.74) is 0. The van der Waals surface area contributed by atoms with Gasteiger partial charge in [0.25, 0.3) is 0 Å². The van der Waals surface area contributed by atoms with Crippen molar-refractivity contribution < 1.29 is 14.7 Å². The van der Waals surface area contributed by atoms with Crippen LogP contribution in [0.4, 0.5) is 0 Å². The SMILES string of the molecule is O=C(CC1CC2CCC1C2)NC1CCCC1C(=O)O. The lowest BCUT2D eigenvalue weighted by Crippen LogP contribution is -2.41. The van der Waals surface area contributed by atoms with Crippen LogP contribution >= 0.6 is 0 Å². The lowest BCUT2D eigenvalue weighted by atomic mass is 9.86. The Morgan fingerprint density at radius 2 is 1.95 bits per heavy atom. The summed E-state index contributed by atoms with van der Waals surface area (Å²) in [6.07, 6.45) is 8.23. The first-order valence-electron chi connectivity index (χ1n) is 7.65. The average molecular weight is 265 g/mol. The summed E-state index contributed by atoms with van der Waals surface area (Å²) in [4.78, 5) is 23.2. The van der Waals surface area contributed by atoms with E-state index in [9.17, 15) is 9.59 Å². The standard InChI is InChI=1S/C15H23NO3/c17-14(8-11-7-9-4-5-10(11)6-9)16-13-3-1-2-12(13)15(18)19/h9-13H,1-8H2,(H,16,17)(H,18,19). The summed E-state index contributed by atoms with van der Waals surface area (Å²) in [6, 6.07) is -0.136. The van der Waals surface area contributed by atoms with E-state index in [1.807, 2.05) is 0 Å². The van der Waals surface area contributed by atoms with Crippen molar-refractivity contribution in [2.24, 2.45) is 23.7 Å². The molecule has 0 aromatic carbocycles. The number of aliphatic carboxylic acids is 1. The second-order valence-electron chi connectivity index (χ2n) is 6.69. The van der Waals surface area contributed by atoms with E-state index in [2.05, 4.69) is 5.32 Å². The van der Waals surface area contributed by atoms with Crippen LogP contribution in [0, 0.1) is 23.7 Å². The molecule has 0 aromatic rings. The first-order chi connectivity index (χ1) is 9.13. The molecule has 3 aliphatic carbocycles. The van der Waals surface area contributed by atoms with Crippen molar-refractivity contribution in [1.82, 2.24) is 5.32 Å². The van der Waals surface area contributed by atoms with Crippen molar-refractivity contribution in [3.05, 3.63) is 0 Å². The van der Waals surface area contributed by atoms with Gasteiger partial charge in [-0.3, -0.25) is 9.59 Å². The smallest absolute Gasteiger partial charge is 0.308 e. The highest BCUT2D eigenvalue weighted by molar-refractivity contribution is 5.78. The van der Waals surface area contributed by atoms with Crippen LogP contribution < -0.4 is 5.32 Å². The minimum atomic E-state index is -0.761. The number of carbonyl (C=O) groups is 2. The molecule has 0 spiro atoms. The highest BCUT2D eigenvalue weighted by atomic mass is 16.4. The van der Waals surface area contributed by atoms with Gasteiger partial charge in [-0.05, 0) is 49.9 Å². The molecule has 2 N–H and O–H groups in total. The molecule has 0 aliphatic heterocycles. The second-order valence-corrected chi connectivity index (χ2v) is 6.69. The number of amides is 1. The van der Waals surface area contributed by atoms with E-state index < -0.39 is 5.97 Å². The Kier molecular flexibility index (Phi) is 3.50. The molecule has 4 heteroatoms. The fourth-order valence-electron chi connectivity index (χ4n) is 4.56. The number of carbonyl (C=O) groups excluding carboxylic acids is 1. The van der Waals surface area contributed by atoms with Gasteiger partial charge in [0.2, 0.25) is 5.91 Å². The summed E-state index contributed by atoms with van der Waals surface area (Å²) >= 11 is 0. The Labute approximate surface area is 113 Å². The average Bonchev–Trinajstić information content (AvgIpc) is 3.03. The highest BCUT2D eigenvalue weighted by Gasteiger charge is 2.41. The third-order valence-electron chi connectivity index (χ3n) is 5.51. The molecular formula is C15H23NO3. The second kappa shape index (κ2) is 5.14. The summed E-state index contributed by atoms with van der Waals surface area (Å²) in [5.74, 6) is 1.13. The monoisotopic (exact) mass is 265 g/mol. The maximum atomic E-state index is 12.1. The number of rotatable bonds is 4. The van der Waals surface area contributed by atoms with E-state index in [0.717, 1.165) is 24.7 Å². The van der Waals surface area contributed by atoms with Crippen LogP contribution in [0.25, 0.3) is 0 Å². The molecule has 0 saturated heterocycles. The molecule has 1 amide bonds. The molecular weight excluding hydrogens is 242 g/mol. The van der Waals surface area contributed by atoms with Gasteiger partial charge in [-0.15, -0.1) is 0 Å². The fourth-order valence-corrected chi connectivity index (χ4v) is 4.56. The number of hydrogen-bond acceptors (Lipinski definition) is 2. The highest BCUT2D eigenvalue weighted by Crippen LogP contribution is 2.49. The number of nitrogens with one attached hydrogen (secondary N) is 1. The zero-order chi connectivity index (χ0) is 13.4. The molecule has 19 heavy (non-hydrogen) atoms. The first-order valence-corrected chi connectivity index (χ1v) is 7.65. The molecule has 3 fully saturated rings. The maximum Gasteiger partial charge on any atom is 0.308 e. The van der Waals surface area contributed by atoms with Crippen LogP contribution in [0.5, 0.6) is 0 Å². The molecule has 0 heterocycles. The topological polar surface area (TPSA) is 66.4 Å². The van der Waals surface area contributed by atoms with E-state index in [4.69, 9.17) is 5.11 Å². The lowest BCUT2D eigenvalue weighted by molar-refractivity contribution is -0.142. The van der Waals surface area contributed by atoms with Gasteiger partial charge < -0.3 is 10.4 Å². The molecule has 5 atom stereocenters.